The van der Waals surface area contributed by atoms with Gasteiger partial charge in [0, 0.05) is 12.5 Å². The summed E-state index contributed by atoms with van der Waals surface area (Å²) in [5.74, 6) is -0.907. The molecule has 9 heteroatoms. The molecule has 2 aliphatic rings. The highest BCUT2D eigenvalue weighted by atomic mass is 16.7. The summed E-state index contributed by atoms with van der Waals surface area (Å²) in [6.45, 7) is 8.10. The predicted octanol–water partition coefficient (Wildman–Crippen LogP) is 5.95. The number of fused-ring (bicyclic) bond motifs is 3. The van der Waals surface area contributed by atoms with Gasteiger partial charge in [-0.2, -0.15) is 0 Å². The maximum absolute atomic E-state index is 12.9. The number of carboxylic acid groups (broad SMARTS) is 1. The van der Waals surface area contributed by atoms with E-state index in [0.29, 0.717) is 11.0 Å². The van der Waals surface area contributed by atoms with Crippen LogP contribution in [0.5, 0.6) is 5.75 Å². The minimum absolute atomic E-state index is 0.0496. The van der Waals surface area contributed by atoms with Crippen molar-refractivity contribution < 1.29 is 33.5 Å². The third-order valence-corrected chi connectivity index (χ3v) is 8.14. The van der Waals surface area contributed by atoms with Crippen molar-refractivity contribution in [3.63, 3.8) is 0 Å². The fourth-order valence-electron chi connectivity index (χ4n) is 5.21. The van der Waals surface area contributed by atoms with Gasteiger partial charge in [0.1, 0.15) is 17.9 Å². The molecule has 0 spiro atoms. The largest absolute Gasteiger partial charge is 0.496 e. The van der Waals surface area contributed by atoms with E-state index >= 15 is 0 Å². The number of aromatic carboxylic acids is 1. The first-order chi connectivity index (χ1) is 19.5. The third-order valence-electron chi connectivity index (χ3n) is 8.14. The van der Waals surface area contributed by atoms with Crippen LogP contribution in [0, 0.1) is 0 Å². The van der Waals surface area contributed by atoms with Gasteiger partial charge in [0.25, 0.3) is 0 Å². The van der Waals surface area contributed by atoms with Crippen molar-refractivity contribution in [3.8, 4) is 16.9 Å². The molecule has 0 aromatic heterocycles. The number of nitrogens with one attached hydrogen (secondary N) is 1. The molecule has 1 aliphatic heterocycles. The zero-order valence-electron chi connectivity index (χ0n) is 23.9. The van der Waals surface area contributed by atoms with Gasteiger partial charge in [-0.05, 0) is 73.1 Å². The molecule has 1 saturated heterocycles. The SMILES string of the molecule is COc1cc(C=C(CNC(=O)OCC2c3ccccc3-c3ccccc32)B2OC(C)(C)C(C)(C)O2)ccc1C(=O)O. The van der Waals surface area contributed by atoms with Gasteiger partial charge in [-0.1, -0.05) is 60.7 Å². The molecule has 5 rings (SSSR count). The van der Waals surface area contributed by atoms with Crippen LogP contribution in [0.15, 0.2) is 72.2 Å². The van der Waals surface area contributed by atoms with E-state index in [2.05, 4.69) is 29.6 Å². The Hall–Kier alpha value is -4.08. The van der Waals surface area contributed by atoms with Crippen LogP contribution in [-0.4, -0.2) is 55.8 Å². The second kappa shape index (κ2) is 11.1. The third kappa shape index (κ3) is 5.60. The quantitative estimate of drug-likeness (QED) is 0.331. The highest BCUT2D eigenvalue weighted by Gasteiger charge is 2.52. The molecular weight excluding hydrogens is 521 g/mol. The first kappa shape index (κ1) is 28.5. The molecule has 212 valence electrons. The van der Waals surface area contributed by atoms with E-state index in [9.17, 15) is 14.7 Å². The van der Waals surface area contributed by atoms with E-state index in [-0.39, 0.29) is 30.4 Å². The van der Waals surface area contributed by atoms with E-state index in [4.69, 9.17) is 18.8 Å². The van der Waals surface area contributed by atoms with E-state index in [1.807, 2.05) is 52.0 Å². The number of alkyl carbamates (subject to hydrolysis) is 1. The van der Waals surface area contributed by atoms with E-state index in [1.165, 1.54) is 13.2 Å². The van der Waals surface area contributed by atoms with Crippen molar-refractivity contribution in [2.24, 2.45) is 0 Å². The Morgan fingerprint density at radius 2 is 1.54 bits per heavy atom. The fourth-order valence-corrected chi connectivity index (χ4v) is 5.21. The first-order valence-corrected chi connectivity index (χ1v) is 13.6. The van der Waals surface area contributed by atoms with E-state index < -0.39 is 30.4 Å². The molecule has 3 aromatic rings. The van der Waals surface area contributed by atoms with Crippen LogP contribution in [0.1, 0.15) is 60.7 Å². The minimum atomic E-state index is -1.08. The normalized spacial score (nSPS) is 17.1. The number of rotatable bonds is 8. The van der Waals surface area contributed by atoms with Gasteiger partial charge in [-0.15, -0.1) is 0 Å². The molecule has 1 heterocycles. The summed E-state index contributed by atoms with van der Waals surface area (Å²) in [5.41, 5.74) is 4.78. The molecule has 8 nitrogen and oxygen atoms in total. The van der Waals surface area contributed by atoms with Crippen LogP contribution in [-0.2, 0) is 14.0 Å². The average molecular weight is 555 g/mol. The van der Waals surface area contributed by atoms with Gasteiger partial charge in [-0.3, -0.25) is 0 Å². The highest BCUT2D eigenvalue weighted by Crippen LogP contribution is 2.44. The summed E-state index contributed by atoms with van der Waals surface area (Å²) in [7, 11) is 0.683. The smallest absolute Gasteiger partial charge is 0.492 e. The van der Waals surface area contributed by atoms with Crippen molar-refractivity contribution >= 4 is 25.3 Å². The number of amides is 1. The number of hydrogen-bond donors (Lipinski definition) is 2. The molecule has 41 heavy (non-hydrogen) atoms. The molecule has 0 bridgehead atoms. The van der Waals surface area contributed by atoms with Gasteiger partial charge < -0.3 is 29.2 Å². The predicted molar refractivity (Wildman–Crippen MR) is 157 cm³/mol. The van der Waals surface area contributed by atoms with Crippen molar-refractivity contribution in [1.82, 2.24) is 5.32 Å². The lowest BCUT2D eigenvalue weighted by atomic mass is 9.77. The lowest BCUT2D eigenvalue weighted by Gasteiger charge is -2.32. The fraction of sp³-hybridized carbons (Fsp3) is 0.312. The van der Waals surface area contributed by atoms with Crippen molar-refractivity contribution in [3.05, 3.63) is 94.5 Å². The molecule has 1 amide bonds. The molecular formula is C32H34BNO7. The van der Waals surface area contributed by atoms with Crippen LogP contribution in [0.4, 0.5) is 4.79 Å². The summed E-state index contributed by atoms with van der Waals surface area (Å²) < 4.78 is 23.5. The van der Waals surface area contributed by atoms with Gasteiger partial charge in [0.15, 0.2) is 0 Å². The van der Waals surface area contributed by atoms with Crippen LogP contribution in [0.3, 0.4) is 0 Å². The number of carboxylic acids is 1. The second-order valence-corrected chi connectivity index (χ2v) is 11.3. The molecule has 0 unspecified atom stereocenters. The summed E-state index contributed by atoms with van der Waals surface area (Å²) >= 11 is 0. The topological polar surface area (TPSA) is 103 Å². The number of benzene rings is 3. The van der Waals surface area contributed by atoms with E-state index in [0.717, 1.165) is 22.3 Å². The first-order valence-electron chi connectivity index (χ1n) is 13.6. The summed E-state index contributed by atoms with van der Waals surface area (Å²) in [5, 5.41) is 12.3. The number of carbonyl (C=O) groups is 2. The zero-order chi connectivity index (χ0) is 29.4. The second-order valence-electron chi connectivity index (χ2n) is 11.3. The lowest BCUT2D eigenvalue weighted by Crippen LogP contribution is -2.41. The number of carbonyl (C=O) groups excluding carboxylic acids is 1. The highest BCUT2D eigenvalue weighted by molar-refractivity contribution is 6.56. The van der Waals surface area contributed by atoms with Gasteiger partial charge in [-0.25, -0.2) is 9.59 Å². The molecule has 1 aliphatic carbocycles. The standard InChI is InChI=1S/C32H34BNO7/c1-31(2)32(3,4)41-33(40-31)21(16-20-14-15-26(29(35)36)28(17-20)38-5)18-34-30(37)39-19-27-24-12-8-6-10-22(24)23-11-7-9-13-25(23)27/h6-17,27H,18-19H2,1-5H3,(H,34,37)(H,35,36). The van der Waals surface area contributed by atoms with Crippen LogP contribution >= 0.6 is 0 Å². The van der Waals surface area contributed by atoms with Gasteiger partial charge in [0.05, 0.1) is 18.3 Å². The maximum atomic E-state index is 12.9. The van der Waals surface area contributed by atoms with Gasteiger partial charge >= 0.3 is 19.2 Å². The molecule has 3 aromatic carbocycles. The zero-order valence-corrected chi connectivity index (χ0v) is 23.9. The number of methoxy groups -OCH3 is 1. The van der Waals surface area contributed by atoms with Crippen molar-refractivity contribution in [2.45, 2.75) is 44.8 Å². The minimum Gasteiger partial charge on any atom is -0.496 e. The Morgan fingerprint density at radius 1 is 0.951 bits per heavy atom. The van der Waals surface area contributed by atoms with Crippen molar-refractivity contribution in [1.29, 1.82) is 0 Å². The summed E-state index contributed by atoms with van der Waals surface area (Å²) in [6.07, 6.45) is 1.24. The Bertz CT molecular complexity index is 1450. The Kier molecular flexibility index (Phi) is 7.68. The van der Waals surface area contributed by atoms with E-state index in [1.54, 1.807) is 18.2 Å². The Balaban J connectivity index is 1.33. The monoisotopic (exact) mass is 555 g/mol. The lowest BCUT2D eigenvalue weighted by molar-refractivity contribution is 0.00578. The Morgan fingerprint density at radius 3 is 2.10 bits per heavy atom. The molecule has 0 radical (unpaired) electrons. The summed E-state index contributed by atoms with van der Waals surface area (Å²) in [6, 6.07) is 21.1. The molecule has 0 atom stereocenters. The molecule has 1 fully saturated rings. The molecule has 0 saturated carbocycles. The van der Waals surface area contributed by atoms with Crippen LogP contribution in [0.2, 0.25) is 0 Å². The van der Waals surface area contributed by atoms with Crippen LogP contribution < -0.4 is 10.1 Å². The number of hydrogen-bond acceptors (Lipinski definition) is 6. The maximum Gasteiger partial charge on any atom is 0.492 e. The Labute approximate surface area is 240 Å². The average Bonchev–Trinajstić information content (AvgIpc) is 3.38. The van der Waals surface area contributed by atoms with Gasteiger partial charge in [0.2, 0.25) is 0 Å². The van der Waals surface area contributed by atoms with Crippen LogP contribution in [0.25, 0.3) is 17.2 Å². The molecule has 2 N–H and O–H groups in total. The summed E-state index contributed by atoms with van der Waals surface area (Å²) in [4.78, 5) is 24.5. The number of ether oxygens (including phenoxy) is 2. The van der Waals surface area contributed by atoms with Crippen molar-refractivity contribution in [2.75, 3.05) is 20.3 Å².